The number of hydrogen-bond donors (Lipinski definition) is 2. The smallest absolute Gasteiger partial charge is 0.322 e. The molecule has 1 aliphatic heterocycles. The Hall–Kier alpha value is -2.39. The topological polar surface area (TPSA) is 95.9 Å². The van der Waals surface area contributed by atoms with E-state index >= 15 is 0 Å². The summed E-state index contributed by atoms with van der Waals surface area (Å²) < 4.78 is 5.32. The number of thioether (sulfide) groups is 1. The van der Waals surface area contributed by atoms with E-state index in [0.717, 1.165) is 22.2 Å². The lowest BCUT2D eigenvalue weighted by molar-refractivity contribution is -0.138. The summed E-state index contributed by atoms with van der Waals surface area (Å²) in [5, 5.41) is 10.7. The summed E-state index contributed by atoms with van der Waals surface area (Å²) in [6.45, 7) is -0.812. The molecule has 0 unspecified atom stereocenters. The third kappa shape index (κ3) is 4.56. The molecule has 0 bridgehead atoms. The zero-order chi connectivity index (χ0) is 17.7. The number of amides is 2. The highest BCUT2D eigenvalue weighted by Gasteiger charge is 2.33. The van der Waals surface area contributed by atoms with E-state index in [-0.39, 0.29) is 16.8 Å². The monoisotopic (exact) mass is 366 g/mol. The van der Waals surface area contributed by atoms with E-state index < -0.39 is 18.4 Å². The molecule has 2 N–H and O–H groups in total. The molecule has 0 radical (unpaired) electrons. The lowest BCUT2D eigenvalue weighted by Crippen LogP contribution is -2.41. The van der Waals surface area contributed by atoms with Crippen LogP contribution in [0.25, 0.3) is 6.08 Å². The molecule has 1 aliphatic rings. The van der Waals surface area contributed by atoms with Gasteiger partial charge in [-0.1, -0.05) is 36.1 Å². The van der Waals surface area contributed by atoms with Crippen LogP contribution in [0.2, 0.25) is 0 Å². The maximum Gasteiger partial charge on any atom is 0.322 e. The number of carbonyl (C=O) groups is 3. The molecule has 2 rings (SSSR count). The first kappa shape index (κ1) is 18.0. The minimum absolute atomic E-state index is 0.255. The normalized spacial score (nSPS) is 15.7. The van der Waals surface area contributed by atoms with Crippen molar-refractivity contribution in [2.45, 2.75) is 0 Å². The Morgan fingerprint density at radius 2 is 2.04 bits per heavy atom. The van der Waals surface area contributed by atoms with Crippen molar-refractivity contribution in [2.24, 2.45) is 0 Å². The molecule has 0 aromatic heterocycles. The minimum Gasteiger partial charge on any atom is -0.497 e. The SMILES string of the molecule is COc1ccc(/C=C2\SC(=S)N(CC(=O)NCC(=O)O)C2=O)cc1. The fourth-order valence-electron chi connectivity index (χ4n) is 1.86. The summed E-state index contributed by atoms with van der Waals surface area (Å²) in [6.07, 6.45) is 1.67. The van der Waals surface area contributed by atoms with E-state index in [1.807, 2.05) is 0 Å². The van der Waals surface area contributed by atoms with Gasteiger partial charge in [-0.05, 0) is 23.8 Å². The highest BCUT2D eigenvalue weighted by atomic mass is 32.2. The Kier molecular flexibility index (Phi) is 5.93. The third-order valence-electron chi connectivity index (χ3n) is 3.03. The van der Waals surface area contributed by atoms with Gasteiger partial charge >= 0.3 is 5.97 Å². The Morgan fingerprint density at radius 3 is 2.62 bits per heavy atom. The molecule has 24 heavy (non-hydrogen) atoms. The number of nitrogens with one attached hydrogen (secondary N) is 1. The maximum atomic E-state index is 12.3. The van der Waals surface area contributed by atoms with Gasteiger partial charge in [0.2, 0.25) is 5.91 Å². The number of hydrogen-bond acceptors (Lipinski definition) is 6. The van der Waals surface area contributed by atoms with E-state index in [4.69, 9.17) is 22.1 Å². The molecule has 1 aromatic rings. The zero-order valence-corrected chi connectivity index (χ0v) is 14.3. The van der Waals surface area contributed by atoms with Crippen LogP contribution < -0.4 is 10.1 Å². The van der Waals surface area contributed by atoms with E-state index in [9.17, 15) is 14.4 Å². The third-order valence-corrected chi connectivity index (χ3v) is 4.40. The van der Waals surface area contributed by atoms with Crippen molar-refractivity contribution >= 4 is 52.2 Å². The van der Waals surface area contributed by atoms with Crippen molar-refractivity contribution in [1.82, 2.24) is 10.2 Å². The second kappa shape index (κ2) is 7.93. The van der Waals surface area contributed by atoms with Gasteiger partial charge in [0.25, 0.3) is 5.91 Å². The number of carboxylic acid groups (broad SMARTS) is 1. The first-order chi connectivity index (χ1) is 11.4. The lowest BCUT2D eigenvalue weighted by atomic mass is 10.2. The number of ether oxygens (including phenoxy) is 1. The Balaban J connectivity index is 2.05. The molecule has 1 aromatic carbocycles. The number of methoxy groups -OCH3 is 1. The van der Waals surface area contributed by atoms with Crippen LogP contribution in [0.4, 0.5) is 0 Å². The Labute approximate surface area is 147 Å². The number of benzene rings is 1. The van der Waals surface area contributed by atoms with Crippen LogP contribution in [0.3, 0.4) is 0 Å². The van der Waals surface area contributed by atoms with Gasteiger partial charge in [0.05, 0.1) is 12.0 Å². The van der Waals surface area contributed by atoms with Crippen molar-refractivity contribution in [3.05, 3.63) is 34.7 Å². The molecule has 0 atom stereocenters. The first-order valence-electron chi connectivity index (χ1n) is 6.78. The van der Waals surface area contributed by atoms with Crippen molar-refractivity contribution in [1.29, 1.82) is 0 Å². The van der Waals surface area contributed by atoms with E-state index in [1.165, 1.54) is 0 Å². The number of rotatable bonds is 6. The zero-order valence-electron chi connectivity index (χ0n) is 12.6. The van der Waals surface area contributed by atoms with Crippen LogP contribution in [-0.2, 0) is 14.4 Å². The summed E-state index contributed by atoms with van der Waals surface area (Å²) >= 11 is 6.21. The summed E-state index contributed by atoms with van der Waals surface area (Å²) in [4.78, 5) is 36.0. The Morgan fingerprint density at radius 1 is 1.38 bits per heavy atom. The predicted molar refractivity (Wildman–Crippen MR) is 93.5 cm³/mol. The van der Waals surface area contributed by atoms with Gasteiger partial charge in [-0.15, -0.1) is 0 Å². The number of carboxylic acids is 1. The van der Waals surface area contributed by atoms with Gasteiger partial charge in [-0.3, -0.25) is 19.3 Å². The summed E-state index contributed by atoms with van der Waals surface area (Å²) in [5.74, 6) is -1.42. The maximum absolute atomic E-state index is 12.3. The van der Waals surface area contributed by atoms with E-state index in [0.29, 0.717) is 10.7 Å². The molecule has 1 heterocycles. The summed E-state index contributed by atoms with van der Waals surface area (Å²) in [6, 6.07) is 7.13. The van der Waals surface area contributed by atoms with E-state index in [2.05, 4.69) is 5.32 Å². The molecule has 7 nitrogen and oxygen atoms in total. The largest absolute Gasteiger partial charge is 0.497 e. The minimum atomic E-state index is -1.16. The number of aliphatic carboxylic acids is 1. The lowest BCUT2D eigenvalue weighted by Gasteiger charge is -2.13. The highest BCUT2D eigenvalue weighted by Crippen LogP contribution is 2.32. The van der Waals surface area contributed by atoms with Crippen molar-refractivity contribution < 1.29 is 24.2 Å². The van der Waals surface area contributed by atoms with Crippen LogP contribution in [0.15, 0.2) is 29.2 Å². The molecule has 1 fully saturated rings. The van der Waals surface area contributed by atoms with Gasteiger partial charge < -0.3 is 15.2 Å². The summed E-state index contributed by atoms with van der Waals surface area (Å²) in [7, 11) is 1.57. The molecule has 126 valence electrons. The molecule has 1 saturated heterocycles. The molecule has 9 heteroatoms. The van der Waals surface area contributed by atoms with Gasteiger partial charge in [0, 0.05) is 0 Å². The van der Waals surface area contributed by atoms with Crippen molar-refractivity contribution in [3.8, 4) is 5.75 Å². The fraction of sp³-hybridized carbons (Fsp3) is 0.200. The molecule has 2 amide bonds. The molecule has 0 spiro atoms. The predicted octanol–water partition coefficient (Wildman–Crippen LogP) is 1.10. The molecular formula is C15H14N2O5S2. The molecule has 0 aliphatic carbocycles. The number of nitrogens with zero attached hydrogens (tertiary/aromatic N) is 1. The summed E-state index contributed by atoms with van der Waals surface area (Å²) in [5.41, 5.74) is 0.798. The van der Waals surface area contributed by atoms with Crippen LogP contribution in [0.1, 0.15) is 5.56 Å². The van der Waals surface area contributed by atoms with Gasteiger partial charge in [0.15, 0.2) is 0 Å². The van der Waals surface area contributed by atoms with Gasteiger partial charge in [0.1, 0.15) is 23.2 Å². The second-order valence-electron chi connectivity index (χ2n) is 4.71. The van der Waals surface area contributed by atoms with Crippen molar-refractivity contribution in [2.75, 3.05) is 20.2 Å². The molecular weight excluding hydrogens is 352 g/mol. The van der Waals surface area contributed by atoms with Crippen LogP contribution in [0, 0.1) is 0 Å². The number of carbonyl (C=O) groups excluding carboxylic acids is 2. The second-order valence-corrected chi connectivity index (χ2v) is 6.39. The average molecular weight is 366 g/mol. The molecule has 0 saturated carbocycles. The van der Waals surface area contributed by atoms with Crippen LogP contribution in [0.5, 0.6) is 5.75 Å². The number of thiocarbonyl (C=S) groups is 1. The first-order valence-corrected chi connectivity index (χ1v) is 8.01. The van der Waals surface area contributed by atoms with Gasteiger partial charge in [-0.2, -0.15) is 0 Å². The standard InChI is InChI=1S/C15H14N2O5S2/c1-22-10-4-2-9(3-5-10)6-11-14(21)17(15(23)24-11)8-12(18)16-7-13(19)20/h2-6H,7-8H2,1H3,(H,16,18)(H,19,20)/b11-6-. The van der Waals surface area contributed by atoms with Crippen molar-refractivity contribution in [3.63, 3.8) is 0 Å². The fourth-order valence-corrected chi connectivity index (χ4v) is 3.12. The Bertz CT molecular complexity index is 715. The van der Waals surface area contributed by atoms with E-state index in [1.54, 1.807) is 37.5 Å². The average Bonchev–Trinajstić information content (AvgIpc) is 2.81. The van der Waals surface area contributed by atoms with Crippen LogP contribution in [-0.4, -0.2) is 52.3 Å². The van der Waals surface area contributed by atoms with Gasteiger partial charge in [-0.25, -0.2) is 0 Å². The highest BCUT2D eigenvalue weighted by molar-refractivity contribution is 8.26. The quantitative estimate of drug-likeness (QED) is 0.575. The van der Waals surface area contributed by atoms with Crippen LogP contribution >= 0.6 is 24.0 Å².